The summed E-state index contributed by atoms with van der Waals surface area (Å²) in [5.74, 6) is 2.36. The molecule has 1 atom stereocenters. The number of piperidine rings is 1. The zero-order valence-corrected chi connectivity index (χ0v) is 9.76. The van der Waals surface area contributed by atoms with Crippen LogP contribution in [0.2, 0.25) is 0 Å². The molecule has 0 unspecified atom stereocenters. The van der Waals surface area contributed by atoms with Gasteiger partial charge in [-0.2, -0.15) is 4.98 Å². The number of nitrogens with one attached hydrogen (secondary N) is 1. The quantitative estimate of drug-likeness (QED) is 0.836. The molecule has 6 nitrogen and oxygen atoms in total. The molecule has 6 heteroatoms. The first kappa shape index (κ1) is 10.5. The fourth-order valence-corrected chi connectivity index (χ4v) is 2.14. The zero-order valence-electron chi connectivity index (χ0n) is 9.76. The molecule has 0 aliphatic carbocycles. The second kappa shape index (κ2) is 4.29. The fraction of sp³-hybridized carbons (Fsp3) is 0.545. The molecule has 0 spiro atoms. The van der Waals surface area contributed by atoms with Gasteiger partial charge in [0.15, 0.2) is 5.82 Å². The molecule has 3 heterocycles. The second-order valence-electron chi connectivity index (χ2n) is 4.36. The minimum Gasteiger partial charge on any atom is -0.339 e. The van der Waals surface area contributed by atoms with Crippen molar-refractivity contribution < 1.29 is 4.52 Å². The van der Waals surface area contributed by atoms with Crippen molar-refractivity contribution >= 4 is 0 Å². The van der Waals surface area contributed by atoms with Crippen molar-refractivity contribution in [3.8, 4) is 11.6 Å². The second-order valence-corrected chi connectivity index (χ2v) is 4.36. The first-order valence-electron chi connectivity index (χ1n) is 5.86. The van der Waals surface area contributed by atoms with Crippen LogP contribution in [0.25, 0.3) is 11.6 Å². The number of nitrogens with zero attached hydrogens (tertiary/aromatic N) is 4. The monoisotopic (exact) mass is 233 g/mol. The van der Waals surface area contributed by atoms with Crippen LogP contribution < -0.4 is 5.32 Å². The lowest BCUT2D eigenvalue weighted by Gasteiger charge is -2.18. The summed E-state index contributed by atoms with van der Waals surface area (Å²) in [5, 5.41) is 7.34. The third kappa shape index (κ3) is 1.95. The summed E-state index contributed by atoms with van der Waals surface area (Å²) in [4.78, 5) is 8.64. The van der Waals surface area contributed by atoms with Gasteiger partial charge in [0.05, 0.1) is 5.92 Å². The van der Waals surface area contributed by atoms with Crippen molar-refractivity contribution in [1.82, 2.24) is 25.0 Å². The average Bonchev–Trinajstić information content (AvgIpc) is 2.98. The maximum absolute atomic E-state index is 5.33. The molecular formula is C11H15N5O. The predicted molar refractivity (Wildman–Crippen MR) is 61.3 cm³/mol. The van der Waals surface area contributed by atoms with E-state index >= 15 is 0 Å². The number of hydrogen-bond acceptors (Lipinski definition) is 5. The summed E-state index contributed by atoms with van der Waals surface area (Å²) < 4.78 is 7.21. The SMILES string of the molecule is Cn1ccnc1-c1noc([C@@H]2CCCNC2)n1. The minimum absolute atomic E-state index is 0.338. The Kier molecular flexibility index (Phi) is 2.64. The van der Waals surface area contributed by atoms with Gasteiger partial charge in [0.2, 0.25) is 11.7 Å². The smallest absolute Gasteiger partial charge is 0.238 e. The van der Waals surface area contributed by atoms with Gasteiger partial charge in [0.25, 0.3) is 0 Å². The summed E-state index contributed by atoms with van der Waals surface area (Å²) in [6.45, 7) is 2.00. The number of imidazole rings is 1. The fourth-order valence-electron chi connectivity index (χ4n) is 2.14. The van der Waals surface area contributed by atoms with Gasteiger partial charge >= 0.3 is 0 Å². The van der Waals surface area contributed by atoms with E-state index in [1.54, 1.807) is 6.20 Å². The Morgan fingerprint density at radius 1 is 1.53 bits per heavy atom. The number of hydrogen-bond donors (Lipinski definition) is 1. The summed E-state index contributed by atoms with van der Waals surface area (Å²) in [6.07, 6.45) is 5.86. The number of aromatic nitrogens is 4. The molecular weight excluding hydrogens is 218 g/mol. The van der Waals surface area contributed by atoms with Crippen LogP contribution in [0, 0.1) is 0 Å². The Bertz CT molecular complexity index is 497. The van der Waals surface area contributed by atoms with Crippen LogP contribution in [0.5, 0.6) is 0 Å². The Morgan fingerprint density at radius 2 is 2.47 bits per heavy atom. The van der Waals surface area contributed by atoms with Gasteiger partial charge in [0, 0.05) is 26.0 Å². The lowest BCUT2D eigenvalue weighted by molar-refractivity contribution is 0.322. The van der Waals surface area contributed by atoms with Crippen molar-refractivity contribution in [2.24, 2.45) is 7.05 Å². The molecule has 1 saturated heterocycles. The summed E-state index contributed by atoms with van der Waals surface area (Å²) >= 11 is 0. The third-order valence-electron chi connectivity index (χ3n) is 3.11. The molecule has 2 aromatic rings. The Hall–Kier alpha value is -1.69. The van der Waals surface area contributed by atoms with Gasteiger partial charge in [-0.05, 0) is 19.4 Å². The van der Waals surface area contributed by atoms with E-state index in [2.05, 4.69) is 20.4 Å². The molecule has 3 rings (SSSR count). The van der Waals surface area contributed by atoms with E-state index < -0.39 is 0 Å². The van der Waals surface area contributed by atoms with Crippen LogP contribution in [-0.2, 0) is 7.05 Å². The lowest BCUT2D eigenvalue weighted by Crippen LogP contribution is -2.28. The standard InChI is InChI=1S/C11H15N5O/c1-16-6-5-13-10(16)9-14-11(17-15-9)8-3-2-4-12-7-8/h5-6,8,12H,2-4,7H2,1H3/t8-/m1/s1. The lowest BCUT2D eigenvalue weighted by atomic mass is 10.00. The highest BCUT2D eigenvalue weighted by Gasteiger charge is 2.22. The molecule has 1 aliphatic rings. The summed E-state index contributed by atoms with van der Waals surface area (Å²) in [7, 11) is 1.92. The normalized spacial score (nSPS) is 20.6. The van der Waals surface area contributed by atoms with E-state index in [1.165, 1.54) is 0 Å². The maximum atomic E-state index is 5.33. The van der Waals surface area contributed by atoms with Gasteiger partial charge in [-0.25, -0.2) is 4.98 Å². The molecule has 1 fully saturated rings. The average molecular weight is 233 g/mol. The Morgan fingerprint density at radius 3 is 3.18 bits per heavy atom. The van der Waals surface area contributed by atoms with Crippen LogP contribution in [-0.4, -0.2) is 32.8 Å². The van der Waals surface area contributed by atoms with Crippen LogP contribution in [0.4, 0.5) is 0 Å². The highest BCUT2D eigenvalue weighted by Crippen LogP contribution is 2.23. The first-order chi connectivity index (χ1) is 8.34. The summed E-state index contributed by atoms with van der Waals surface area (Å²) in [6, 6.07) is 0. The molecule has 2 aromatic heterocycles. The molecule has 0 amide bonds. The van der Waals surface area contributed by atoms with Crippen LogP contribution in [0.3, 0.4) is 0 Å². The van der Waals surface area contributed by atoms with Crippen molar-refractivity contribution in [3.63, 3.8) is 0 Å². The van der Waals surface area contributed by atoms with Gasteiger partial charge in [-0.3, -0.25) is 0 Å². The molecule has 0 aromatic carbocycles. The van der Waals surface area contributed by atoms with Crippen molar-refractivity contribution in [2.45, 2.75) is 18.8 Å². The summed E-state index contributed by atoms with van der Waals surface area (Å²) in [5.41, 5.74) is 0. The largest absolute Gasteiger partial charge is 0.339 e. The molecule has 1 N–H and O–H groups in total. The van der Waals surface area contributed by atoms with E-state index in [1.807, 2.05) is 17.8 Å². The van der Waals surface area contributed by atoms with E-state index in [-0.39, 0.29) is 0 Å². The van der Waals surface area contributed by atoms with Crippen LogP contribution in [0.15, 0.2) is 16.9 Å². The molecule has 90 valence electrons. The van der Waals surface area contributed by atoms with Gasteiger partial charge in [-0.1, -0.05) is 5.16 Å². The first-order valence-corrected chi connectivity index (χ1v) is 5.86. The van der Waals surface area contributed by atoms with Gasteiger partial charge in [-0.15, -0.1) is 0 Å². The van der Waals surface area contributed by atoms with Crippen LogP contribution in [0.1, 0.15) is 24.7 Å². The van der Waals surface area contributed by atoms with Gasteiger partial charge in [0.1, 0.15) is 0 Å². The number of rotatable bonds is 2. The van der Waals surface area contributed by atoms with E-state index in [0.29, 0.717) is 11.7 Å². The van der Waals surface area contributed by atoms with Crippen molar-refractivity contribution in [3.05, 3.63) is 18.3 Å². The highest BCUT2D eigenvalue weighted by atomic mass is 16.5. The Labute approximate surface area is 99.0 Å². The van der Waals surface area contributed by atoms with E-state index in [0.717, 1.165) is 37.6 Å². The van der Waals surface area contributed by atoms with Crippen LogP contribution >= 0.6 is 0 Å². The molecule has 0 bridgehead atoms. The number of aryl methyl sites for hydroxylation is 1. The van der Waals surface area contributed by atoms with Gasteiger partial charge < -0.3 is 14.4 Å². The minimum atomic E-state index is 0.338. The molecule has 0 radical (unpaired) electrons. The zero-order chi connectivity index (χ0) is 11.7. The molecule has 0 saturated carbocycles. The van der Waals surface area contributed by atoms with Crippen molar-refractivity contribution in [1.29, 1.82) is 0 Å². The molecule has 1 aliphatic heterocycles. The Balaban J connectivity index is 1.85. The van der Waals surface area contributed by atoms with E-state index in [9.17, 15) is 0 Å². The molecule has 17 heavy (non-hydrogen) atoms. The van der Waals surface area contributed by atoms with Crippen molar-refractivity contribution in [2.75, 3.05) is 13.1 Å². The highest BCUT2D eigenvalue weighted by molar-refractivity contribution is 5.42. The predicted octanol–water partition coefficient (Wildman–Crippen LogP) is 0.937. The third-order valence-corrected chi connectivity index (χ3v) is 3.11. The van der Waals surface area contributed by atoms with E-state index in [4.69, 9.17) is 4.52 Å². The topological polar surface area (TPSA) is 68.8 Å². The maximum Gasteiger partial charge on any atom is 0.238 e.